The molecule has 9 nitrogen and oxygen atoms in total. The minimum Gasteiger partial charge on any atom is -0.349 e. The summed E-state index contributed by atoms with van der Waals surface area (Å²) in [5.41, 5.74) is 2.19. The summed E-state index contributed by atoms with van der Waals surface area (Å²) < 4.78 is 65.1. The molecule has 0 aliphatic heterocycles. The van der Waals surface area contributed by atoms with E-state index in [1.807, 2.05) is 22.9 Å². The molecule has 0 spiro atoms. The molecule has 1 unspecified atom stereocenters. The number of nitrogens with one attached hydrogen (secondary N) is 3. The first-order valence-electron chi connectivity index (χ1n) is 13.5. The van der Waals surface area contributed by atoms with E-state index in [0.717, 1.165) is 36.6 Å². The third-order valence-electron chi connectivity index (χ3n) is 6.33. The summed E-state index contributed by atoms with van der Waals surface area (Å²) in [5.74, 6) is -0.388. The van der Waals surface area contributed by atoms with Gasteiger partial charge < -0.3 is 10.6 Å². The van der Waals surface area contributed by atoms with Crippen LogP contribution in [0, 0.1) is 0 Å². The molecule has 1 aromatic heterocycles. The maximum absolute atomic E-state index is 12.7. The Morgan fingerprint density at radius 1 is 1.00 bits per heavy atom. The monoisotopic (exact) mass is 594 g/mol. The van der Waals surface area contributed by atoms with Gasteiger partial charge in [-0.2, -0.15) is 18.3 Å². The van der Waals surface area contributed by atoms with Crippen molar-refractivity contribution >= 4 is 21.6 Å². The minimum atomic E-state index is -4.55. The highest BCUT2D eigenvalue weighted by Gasteiger charge is 2.32. The molecule has 2 atom stereocenters. The molecule has 3 rings (SSSR count). The van der Waals surface area contributed by atoms with Crippen LogP contribution in [0.4, 0.5) is 18.9 Å². The van der Waals surface area contributed by atoms with E-state index in [-0.39, 0.29) is 6.04 Å². The van der Waals surface area contributed by atoms with Gasteiger partial charge in [0.25, 0.3) is 0 Å². The third kappa shape index (κ3) is 11.9. The number of sulfonamides is 1. The topological polar surface area (TPSA) is 118 Å². The summed E-state index contributed by atoms with van der Waals surface area (Å²) in [7, 11) is -3.34. The van der Waals surface area contributed by atoms with Gasteiger partial charge in [0.05, 0.1) is 18.3 Å². The molecule has 13 heteroatoms. The van der Waals surface area contributed by atoms with Crippen LogP contribution in [0.15, 0.2) is 60.9 Å². The fraction of sp³-hybridized carbons (Fsp3) is 0.464. The van der Waals surface area contributed by atoms with Crippen LogP contribution >= 0.6 is 0 Å². The van der Waals surface area contributed by atoms with Crippen LogP contribution in [0.3, 0.4) is 0 Å². The summed E-state index contributed by atoms with van der Waals surface area (Å²) in [4.78, 5) is 16.4. The number of nitrogens with zero attached hydrogens (tertiary/aromatic N) is 3. The van der Waals surface area contributed by atoms with Gasteiger partial charge in [-0.3, -0.25) is 9.52 Å². The molecule has 0 aliphatic rings. The van der Waals surface area contributed by atoms with Crippen molar-refractivity contribution < 1.29 is 26.4 Å². The van der Waals surface area contributed by atoms with Gasteiger partial charge in [-0.25, -0.2) is 18.1 Å². The second kappa shape index (κ2) is 15.0. The molecular formula is C28H37F3N6O3S. The third-order valence-corrected chi connectivity index (χ3v) is 6.94. The molecule has 0 saturated carbocycles. The van der Waals surface area contributed by atoms with Gasteiger partial charge >= 0.3 is 6.18 Å². The number of anilines is 1. The van der Waals surface area contributed by atoms with Gasteiger partial charge in [0.2, 0.25) is 15.9 Å². The van der Waals surface area contributed by atoms with E-state index in [0.29, 0.717) is 37.4 Å². The van der Waals surface area contributed by atoms with Gasteiger partial charge in [-0.05, 0) is 55.6 Å². The maximum atomic E-state index is 12.7. The summed E-state index contributed by atoms with van der Waals surface area (Å²) in [6, 6.07) is 15.6. The largest absolute Gasteiger partial charge is 0.397 e. The van der Waals surface area contributed by atoms with E-state index in [9.17, 15) is 26.4 Å². The Morgan fingerprint density at radius 3 is 2.32 bits per heavy atom. The summed E-state index contributed by atoms with van der Waals surface area (Å²) in [6.07, 6.45) is 0.336. The fourth-order valence-electron chi connectivity index (χ4n) is 4.47. The van der Waals surface area contributed by atoms with Crippen molar-refractivity contribution in [2.45, 2.75) is 63.7 Å². The van der Waals surface area contributed by atoms with E-state index in [2.05, 4.69) is 32.4 Å². The number of carbonyl (C=O) groups is 1. The second-order valence-corrected chi connectivity index (χ2v) is 11.7. The molecular weight excluding hydrogens is 557 g/mol. The number of halogens is 3. The number of aromatic nitrogens is 3. The SMILES string of the molecule is CCCC(CCNCC[C@H](NC(=O)CC(F)(F)F)c1ccccc1)n1cnc(Cc2ccc(NS(C)(=O)=O)cc2)n1. The van der Waals surface area contributed by atoms with Gasteiger partial charge in [-0.15, -0.1) is 0 Å². The Kier molecular flexibility index (Phi) is 11.7. The molecule has 1 amide bonds. The number of hydrogen-bond donors (Lipinski definition) is 3. The van der Waals surface area contributed by atoms with E-state index in [1.165, 1.54) is 0 Å². The Hall–Kier alpha value is -3.45. The highest BCUT2D eigenvalue weighted by atomic mass is 32.2. The average molecular weight is 595 g/mol. The van der Waals surface area contributed by atoms with Crippen LogP contribution in [0.2, 0.25) is 0 Å². The molecule has 0 radical (unpaired) electrons. The Morgan fingerprint density at radius 2 is 1.68 bits per heavy atom. The van der Waals surface area contributed by atoms with Crippen molar-refractivity contribution in [2.75, 3.05) is 24.1 Å². The lowest BCUT2D eigenvalue weighted by atomic mass is 10.0. The highest BCUT2D eigenvalue weighted by molar-refractivity contribution is 7.92. The van der Waals surface area contributed by atoms with Crippen LogP contribution in [-0.4, -0.2) is 54.6 Å². The molecule has 0 saturated heterocycles. The lowest BCUT2D eigenvalue weighted by molar-refractivity contribution is -0.154. The number of rotatable bonds is 16. The molecule has 0 aliphatic carbocycles. The minimum absolute atomic E-state index is 0.117. The lowest BCUT2D eigenvalue weighted by Crippen LogP contribution is -2.34. The van der Waals surface area contributed by atoms with Crippen LogP contribution in [-0.2, 0) is 21.2 Å². The van der Waals surface area contributed by atoms with Crippen LogP contribution in [0.5, 0.6) is 0 Å². The van der Waals surface area contributed by atoms with Gasteiger partial charge in [0.1, 0.15) is 12.7 Å². The molecule has 3 aromatic rings. The Bertz CT molecular complexity index is 1330. The molecule has 2 aromatic carbocycles. The van der Waals surface area contributed by atoms with Crippen molar-refractivity contribution in [3.8, 4) is 0 Å². The highest BCUT2D eigenvalue weighted by Crippen LogP contribution is 2.22. The molecule has 3 N–H and O–H groups in total. The van der Waals surface area contributed by atoms with Gasteiger partial charge in [-0.1, -0.05) is 55.8 Å². The number of amides is 1. The average Bonchev–Trinajstić information content (AvgIpc) is 3.35. The smallest absolute Gasteiger partial charge is 0.349 e. The van der Waals surface area contributed by atoms with Crippen molar-refractivity contribution in [1.29, 1.82) is 0 Å². The van der Waals surface area contributed by atoms with E-state index >= 15 is 0 Å². The number of carbonyl (C=O) groups excluding carboxylic acids is 1. The summed E-state index contributed by atoms with van der Waals surface area (Å²) in [6.45, 7) is 3.27. The first-order valence-corrected chi connectivity index (χ1v) is 15.4. The zero-order valence-electron chi connectivity index (χ0n) is 23.2. The normalized spacial score (nSPS) is 13.5. The van der Waals surface area contributed by atoms with Gasteiger partial charge in [0, 0.05) is 12.1 Å². The van der Waals surface area contributed by atoms with E-state index < -0.39 is 34.6 Å². The number of benzene rings is 2. The lowest BCUT2D eigenvalue weighted by Gasteiger charge is -2.21. The van der Waals surface area contributed by atoms with Crippen LogP contribution < -0.4 is 15.4 Å². The first-order chi connectivity index (χ1) is 19.4. The van der Waals surface area contributed by atoms with Crippen molar-refractivity contribution in [3.05, 3.63) is 77.9 Å². The van der Waals surface area contributed by atoms with E-state index in [1.54, 1.807) is 42.7 Å². The second-order valence-electron chi connectivity index (χ2n) is 9.98. The molecule has 0 fully saturated rings. The number of alkyl halides is 3. The molecule has 41 heavy (non-hydrogen) atoms. The van der Waals surface area contributed by atoms with E-state index in [4.69, 9.17) is 0 Å². The predicted molar refractivity (Wildman–Crippen MR) is 152 cm³/mol. The predicted octanol–water partition coefficient (Wildman–Crippen LogP) is 4.76. The zero-order chi connectivity index (χ0) is 29.9. The quantitative estimate of drug-likeness (QED) is 0.206. The molecule has 224 valence electrons. The fourth-order valence-corrected chi connectivity index (χ4v) is 5.04. The van der Waals surface area contributed by atoms with Crippen molar-refractivity contribution in [3.63, 3.8) is 0 Å². The summed E-state index contributed by atoms with van der Waals surface area (Å²) in [5, 5.41) is 10.5. The Labute approximate surface area is 239 Å². The first kappa shape index (κ1) is 32.1. The molecule has 1 heterocycles. The molecule has 0 bridgehead atoms. The van der Waals surface area contributed by atoms with Crippen LogP contribution in [0.25, 0.3) is 0 Å². The Balaban J connectivity index is 1.51. The van der Waals surface area contributed by atoms with Crippen LogP contribution in [0.1, 0.15) is 68.1 Å². The standard InChI is InChI=1S/C28H37F3N6O3S/c1-3-7-24(37-20-33-26(35-37)18-21-10-12-23(13-11-21)36-41(2,39)40)14-16-32-17-15-25(22-8-5-4-6-9-22)34-27(38)19-28(29,30)31/h4-6,8-13,20,24-25,32,36H,3,7,14-19H2,1-2H3,(H,34,38)/t24?,25-/m0/s1. The van der Waals surface area contributed by atoms with Crippen molar-refractivity contribution in [1.82, 2.24) is 25.4 Å². The zero-order valence-corrected chi connectivity index (χ0v) is 24.0. The number of hydrogen-bond acceptors (Lipinski definition) is 6. The summed E-state index contributed by atoms with van der Waals surface area (Å²) >= 11 is 0. The maximum Gasteiger partial charge on any atom is 0.397 e. The van der Waals surface area contributed by atoms with Gasteiger partial charge in [0.15, 0.2) is 5.82 Å². The van der Waals surface area contributed by atoms with Crippen molar-refractivity contribution in [2.24, 2.45) is 0 Å².